The molecule has 206 valence electrons. The first kappa shape index (κ1) is 27.2. The zero-order chi connectivity index (χ0) is 28.6. The SMILES string of the molecule is COC(=O)[C@]1(C)Nc2c(OC(=O)c3ccccc3)cc3c(c2[C@H]1OC(=O)c1ccccc1)[C@H](CCl)CN3C(C)=O. The normalized spacial score (nSPS) is 20.6. The molecule has 1 amide bonds. The Hall–Kier alpha value is -4.37. The maximum Gasteiger partial charge on any atom is 0.343 e. The first-order valence-corrected chi connectivity index (χ1v) is 13.2. The predicted molar refractivity (Wildman–Crippen MR) is 148 cm³/mol. The molecular formula is C30H27ClN2O7. The van der Waals surface area contributed by atoms with Crippen LogP contribution in [0.5, 0.6) is 5.75 Å². The number of esters is 3. The second kappa shape index (κ2) is 10.7. The molecule has 0 bridgehead atoms. The third-order valence-electron chi connectivity index (χ3n) is 7.25. The molecule has 2 aliphatic rings. The summed E-state index contributed by atoms with van der Waals surface area (Å²) in [6, 6.07) is 18.3. The molecule has 0 spiro atoms. The van der Waals surface area contributed by atoms with Crippen LogP contribution in [0, 0.1) is 0 Å². The number of rotatable bonds is 6. The summed E-state index contributed by atoms with van der Waals surface area (Å²) in [6.07, 6.45) is -1.20. The molecule has 0 saturated heterocycles. The summed E-state index contributed by atoms with van der Waals surface area (Å²) >= 11 is 6.38. The summed E-state index contributed by atoms with van der Waals surface area (Å²) in [6.45, 7) is 3.24. The number of methoxy groups -OCH3 is 1. The maximum atomic E-state index is 13.3. The van der Waals surface area contributed by atoms with Crippen LogP contribution < -0.4 is 15.0 Å². The van der Waals surface area contributed by atoms with E-state index >= 15 is 0 Å². The number of hydrogen-bond donors (Lipinski definition) is 1. The largest absolute Gasteiger partial charge is 0.467 e. The van der Waals surface area contributed by atoms with Gasteiger partial charge in [0.15, 0.2) is 17.4 Å². The van der Waals surface area contributed by atoms with Gasteiger partial charge in [0, 0.05) is 36.9 Å². The molecule has 3 aromatic rings. The molecule has 3 atom stereocenters. The standard InChI is InChI=1S/C30H27ClN2O7/c1-17(34)33-16-20(15-31)23-21(33)14-22(39-27(35)18-10-6-4-7-11-18)25-24(23)26(30(2,32-25)29(37)38-3)40-28(36)19-12-8-5-9-13-19/h4-14,20,26,32H,15-16H2,1-3H3/t20-,26-,30-/m1/s1. The molecule has 0 aliphatic carbocycles. The molecule has 0 radical (unpaired) electrons. The highest BCUT2D eigenvalue weighted by Crippen LogP contribution is 2.56. The highest BCUT2D eigenvalue weighted by Gasteiger charge is 2.56. The number of nitrogens with zero attached hydrogens (tertiary/aromatic N) is 1. The third kappa shape index (κ3) is 4.56. The van der Waals surface area contributed by atoms with E-state index in [0.29, 0.717) is 22.4 Å². The van der Waals surface area contributed by atoms with Gasteiger partial charge in [-0.3, -0.25) is 4.79 Å². The van der Waals surface area contributed by atoms with E-state index < -0.39 is 29.6 Å². The average Bonchev–Trinajstić information content (AvgIpc) is 3.49. The van der Waals surface area contributed by atoms with E-state index in [1.54, 1.807) is 73.7 Å². The Morgan fingerprint density at radius 3 is 2.12 bits per heavy atom. The van der Waals surface area contributed by atoms with Crippen LogP contribution in [-0.2, 0) is 19.1 Å². The van der Waals surface area contributed by atoms with Crippen molar-refractivity contribution >= 4 is 46.8 Å². The lowest BCUT2D eigenvalue weighted by Crippen LogP contribution is -2.47. The van der Waals surface area contributed by atoms with E-state index in [1.807, 2.05) is 0 Å². The van der Waals surface area contributed by atoms with Crippen LogP contribution in [0.2, 0.25) is 0 Å². The van der Waals surface area contributed by atoms with Crippen molar-refractivity contribution in [2.75, 3.05) is 29.8 Å². The van der Waals surface area contributed by atoms with Gasteiger partial charge in [-0.2, -0.15) is 0 Å². The molecule has 3 aromatic carbocycles. The molecule has 0 saturated carbocycles. The summed E-state index contributed by atoms with van der Waals surface area (Å²) < 4.78 is 17.0. The van der Waals surface area contributed by atoms with Crippen molar-refractivity contribution in [3.63, 3.8) is 0 Å². The van der Waals surface area contributed by atoms with Crippen molar-refractivity contribution in [1.29, 1.82) is 0 Å². The Balaban J connectivity index is 1.71. The van der Waals surface area contributed by atoms with Crippen LogP contribution in [0.3, 0.4) is 0 Å². The van der Waals surface area contributed by atoms with Gasteiger partial charge >= 0.3 is 17.9 Å². The molecule has 2 aliphatic heterocycles. The fraction of sp³-hybridized carbons (Fsp3) is 0.267. The molecule has 5 rings (SSSR count). The summed E-state index contributed by atoms with van der Waals surface area (Å²) in [4.78, 5) is 53.8. The van der Waals surface area contributed by atoms with Crippen molar-refractivity contribution in [1.82, 2.24) is 0 Å². The van der Waals surface area contributed by atoms with Gasteiger partial charge in [-0.1, -0.05) is 36.4 Å². The van der Waals surface area contributed by atoms with Crippen LogP contribution in [0.25, 0.3) is 0 Å². The Morgan fingerprint density at radius 1 is 0.975 bits per heavy atom. The van der Waals surface area contributed by atoms with Gasteiger partial charge < -0.3 is 24.4 Å². The lowest BCUT2D eigenvalue weighted by atomic mass is 9.87. The van der Waals surface area contributed by atoms with Crippen LogP contribution in [0.15, 0.2) is 66.7 Å². The number of anilines is 2. The number of fused-ring (bicyclic) bond motifs is 3. The molecule has 2 heterocycles. The number of nitrogens with one attached hydrogen (secondary N) is 1. The molecule has 0 aromatic heterocycles. The summed E-state index contributed by atoms with van der Waals surface area (Å²) in [7, 11) is 1.23. The van der Waals surface area contributed by atoms with Gasteiger partial charge in [0.1, 0.15) is 0 Å². The number of hydrogen-bond acceptors (Lipinski definition) is 8. The molecule has 9 nitrogen and oxygen atoms in total. The summed E-state index contributed by atoms with van der Waals surface area (Å²) in [5.41, 5.74) is 0.771. The van der Waals surface area contributed by atoms with Crippen molar-refractivity contribution in [2.24, 2.45) is 0 Å². The van der Waals surface area contributed by atoms with Crippen molar-refractivity contribution in [2.45, 2.75) is 31.4 Å². The topological polar surface area (TPSA) is 111 Å². The Kier molecular flexibility index (Phi) is 7.25. The van der Waals surface area contributed by atoms with Crippen LogP contribution in [0.4, 0.5) is 11.4 Å². The van der Waals surface area contributed by atoms with Gasteiger partial charge in [0.25, 0.3) is 0 Å². The van der Waals surface area contributed by atoms with Crippen LogP contribution in [-0.4, -0.2) is 48.9 Å². The summed E-state index contributed by atoms with van der Waals surface area (Å²) in [5, 5.41) is 3.14. The van der Waals surface area contributed by atoms with E-state index in [4.69, 9.17) is 25.8 Å². The number of carbonyl (C=O) groups excluding carboxylic acids is 4. The van der Waals surface area contributed by atoms with E-state index in [2.05, 4.69) is 5.32 Å². The lowest BCUT2D eigenvalue weighted by molar-refractivity contribution is -0.149. The Morgan fingerprint density at radius 2 is 1.57 bits per heavy atom. The number of alkyl halides is 1. The molecule has 1 N–H and O–H groups in total. The highest BCUT2D eigenvalue weighted by molar-refractivity contribution is 6.18. The van der Waals surface area contributed by atoms with Gasteiger partial charge in [-0.25, -0.2) is 14.4 Å². The minimum atomic E-state index is -1.59. The number of halogens is 1. The smallest absolute Gasteiger partial charge is 0.343 e. The number of carbonyl (C=O) groups is 4. The Bertz CT molecular complexity index is 1490. The second-order valence-corrected chi connectivity index (χ2v) is 10.1. The molecule has 10 heteroatoms. The average molecular weight is 563 g/mol. The molecular weight excluding hydrogens is 536 g/mol. The maximum absolute atomic E-state index is 13.3. The zero-order valence-electron chi connectivity index (χ0n) is 22.1. The number of ether oxygens (including phenoxy) is 3. The minimum absolute atomic E-state index is 0.0671. The third-order valence-corrected chi connectivity index (χ3v) is 7.62. The lowest BCUT2D eigenvalue weighted by Gasteiger charge is -2.29. The first-order chi connectivity index (χ1) is 19.2. The van der Waals surface area contributed by atoms with Gasteiger partial charge in [-0.05, 0) is 36.8 Å². The van der Waals surface area contributed by atoms with Gasteiger partial charge in [-0.15, -0.1) is 11.6 Å². The quantitative estimate of drug-likeness (QED) is 0.258. The fourth-order valence-electron chi connectivity index (χ4n) is 5.29. The van der Waals surface area contributed by atoms with Gasteiger partial charge in [0.05, 0.1) is 29.6 Å². The number of benzene rings is 3. The number of amides is 1. The van der Waals surface area contributed by atoms with Crippen molar-refractivity contribution < 1.29 is 33.4 Å². The predicted octanol–water partition coefficient (Wildman–Crippen LogP) is 4.85. The molecule has 40 heavy (non-hydrogen) atoms. The van der Waals surface area contributed by atoms with Gasteiger partial charge in [0.2, 0.25) is 5.91 Å². The summed E-state index contributed by atoms with van der Waals surface area (Å²) in [5.74, 6) is -2.37. The van der Waals surface area contributed by atoms with E-state index in [0.717, 1.165) is 0 Å². The first-order valence-electron chi connectivity index (χ1n) is 12.6. The zero-order valence-corrected chi connectivity index (χ0v) is 22.9. The van der Waals surface area contributed by atoms with Crippen molar-refractivity contribution in [3.05, 3.63) is 89.0 Å². The second-order valence-electron chi connectivity index (χ2n) is 9.80. The Labute approximate surface area is 236 Å². The highest BCUT2D eigenvalue weighted by atomic mass is 35.5. The van der Waals surface area contributed by atoms with E-state index in [9.17, 15) is 19.2 Å². The van der Waals surface area contributed by atoms with E-state index in [-0.39, 0.29) is 41.3 Å². The molecule has 0 unspecified atom stereocenters. The van der Waals surface area contributed by atoms with Crippen LogP contribution >= 0.6 is 11.6 Å². The van der Waals surface area contributed by atoms with Crippen molar-refractivity contribution in [3.8, 4) is 5.75 Å². The monoisotopic (exact) mass is 562 g/mol. The van der Waals surface area contributed by atoms with E-state index in [1.165, 1.54) is 18.9 Å². The van der Waals surface area contributed by atoms with Crippen LogP contribution in [0.1, 0.15) is 57.7 Å². The minimum Gasteiger partial charge on any atom is -0.467 e. The fourth-order valence-corrected chi connectivity index (χ4v) is 5.54. The molecule has 0 fully saturated rings.